The molecule has 0 bridgehead atoms. The van der Waals surface area contributed by atoms with Gasteiger partial charge in [0, 0.05) is 12.6 Å². The zero-order valence-corrected chi connectivity index (χ0v) is 11.5. The summed E-state index contributed by atoms with van der Waals surface area (Å²) in [6.07, 6.45) is 2.47. The third-order valence-electron chi connectivity index (χ3n) is 3.45. The predicted molar refractivity (Wildman–Crippen MR) is 75.8 cm³/mol. The largest absolute Gasteiger partial charge is 0.353 e. The van der Waals surface area contributed by atoms with Crippen molar-refractivity contribution in [3.8, 4) is 0 Å². The van der Waals surface area contributed by atoms with Crippen LogP contribution >= 0.6 is 12.4 Å². The van der Waals surface area contributed by atoms with Gasteiger partial charge in [0.25, 0.3) is 0 Å². The maximum absolute atomic E-state index is 12.1. The summed E-state index contributed by atoms with van der Waals surface area (Å²) in [5, 5.41) is 3.07. The Balaban J connectivity index is 0.00000162. The van der Waals surface area contributed by atoms with Crippen molar-refractivity contribution in [1.82, 2.24) is 5.32 Å². The molecule has 1 aliphatic rings. The van der Waals surface area contributed by atoms with Gasteiger partial charge in [0.05, 0.1) is 5.92 Å². The molecule has 2 rings (SSSR count). The van der Waals surface area contributed by atoms with Crippen LogP contribution in [0.1, 0.15) is 31.2 Å². The summed E-state index contributed by atoms with van der Waals surface area (Å²) in [4.78, 5) is 12.1. The molecule has 1 fully saturated rings. The highest BCUT2D eigenvalue weighted by atomic mass is 35.5. The first-order chi connectivity index (χ1) is 8.22. The summed E-state index contributed by atoms with van der Waals surface area (Å²) < 4.78 is 0. The Labute approximate surface area is 115 Å². The fourth-order valence-corrected chi connectivity index (χ4v) is 2.12. The summed E-state index contributed by atoms with van der Waals surface area (Å²) in [5.74, 6) is 0.503. The molecule has 2 unspecified atom stereocenters. The van der Waals surface area contributed by atoms with E-state index in [-0.39, 0.29) is 30.3 Å². The lowest BCUT2D eigenvalue weighted by Crippen LogP contribution is -2.39. The highest BCUT2D eigenvalue weighted by Crippen LogP contribution is 2.32. The van der Waals surface area contributed by atoms with Gasteiger partial charge in [-0.3, -0.25) is 4.79 Å². The highest BCUT2D eigenvalue weighted by molar-refractivity contribution is 5.85. The molecule has 100 valence electrons. The topological polar surface area (TPSA) is 55.1 Å². The summed E-state index contributed by atoms with van der Waals surface area (Å²) >= 11 is 0. The van der Waals surface area contributed by atoms with E-state index in [9.17, 15) is 4.79 Å². The van der Waals surface area contributed by atoms with E-state index in [1.54, 1.807) is 0 Å². The molecular formula is C14H21ClN2O. The molecular weight excluding hydrogens is 248 g/mol. The van der Waals surface area contributed by atoms with Gasteiger partial charge in [0.2, 0.25) is 5.91 Å². The van der Waals surface area contributed by atoms with E-state index in [1.165, 1.54) is 12.8 Å². The molecule has 1 amide bonds. The van der Waals surface area contributed by atoms with Crippen LogP contribution in [0.4, 0.5) is 0 Å². The number of hydrogen-bond donors (Lipinski definition) is 2. The average Bonchev–Trinajstić information content (AvgIpc) is 3.15. The molecule has 0 aromatic heterocycles. The third-order valence-corrected chi connectivity index (χ3v) is 3.45. The minimum absolute atomic E-state index is 0. The van der Waals surface area contributed by atoms with Crippen LogP contribution in [0.5, 0.6) is 0 Å². The Morgan fingerprint density at radius 1 is 1.39 bits per heavy atom. The van der Waals surface area contributed by atoms with Crippen molar-refractivity contribution in [3.05, 3.63) is 35.9 Å². The molecule has 3 nitrogen and oxygen atoms in total. The van der Waals surface area contributed by atoms with E-state index in [0.29, 0.717) is 12.5 Å². The van der Waals surface area contributed by atoms with Gasteiger partial charge < -0.3 is 11.1 Å². The van der Waals surface area contributed by atoms with E-state index in [0.717, 1.165) is 5.56 Å². The van der Waals surface area contributed by atoms with Gasteiger partial charge in [-0.15, -0.1) is 12.4 Å². The number of carbonyl (C=O) groups is 1. The highest BCUT2D eigenvalue weighted by Gasteiger charge is 2.30. The molecule has 0 radical (unpaired) electrons. The van der Waals surface area contributed by atoms with Crippen molar-refractivity contribution >= 4 is 18.3 Å². The monoisotopic (exact) mass is 268 g/mol. The second-order valence-electron chi connectivity index (χ2n) is 4.83. The molecule has 2 atom stereocenters. The van der Waals surface area contributed by atoms with E-state index in [1.807, 2.05) is 30.3 Å². The Kier molecular flexibility index (Phi) is 5.63. The van der Waals surface area contributed by atoms with Crippen LogP contribution in [0.25, 0.3) is 0 Å². The Morgan fingerprint density at radius 3 is 2.50 bits per heavy atom. The van der Waals surface area contributed by atoms with Crippen molar-refractivity contribution in [2.75, 3.05) is 6.54 Å². The molecule has 3 N–H and O–H groups in total. The quantitative estimate of drug-likeness (QED) is 0.859. The van der Waals surface area contributed by atoms with Crippen LogP contribution in [0.3, 0.4) is 0 Å². The number of nitrogens with one attached hydrogen (secondary N) is 1. The number of nitrogens with two attached hydrogens (primary N) is 1. The van der Waals surface area contributed by atoms with Crippen LogP contribution in [-0.4, -0.2) is 18.5 Å². The lowest BCUT2D eigenvalue weighted by molar-refractivity contribution is -0.123. The first-order valence-corrected chi connectivity index (χ1v) is 6.27. The second kappa shape index (κ2) is 6.76. The summed E-state index contributed by atoms with van der Waals surface area (Å²) in [6.45, 7) is 2.43. The van der Waals surface area contributed by atoms with E-state index in [2.05, 4.69) is 12.2 Å². The van der Waals surface area contributed by atoms with Gasteiger partial charge in [-0.2, -0.15) is 0 Å². The number of rotatable bonds is 5. The van der Waals surface area contributed by atoms with Crippen molar-refractivity contribution in [3.63, 3.8) is 0 Å². The van der Waals surface area contributed by atoms with Crippen LogP contribution < -0.4 is 11.1 Å². The van der Waals surface area contributed by atoms with E-state index >= 15 is 0 Å². The molecule has 0 aliphatic heterocycles. The fourth-order valence-electron chi connectivity index (χ4n) is 2.12. The number of hydrogen-bond acceptors (Lipinski definition) is 2. The lowest BCUT2D eigenvalue weighted by atomic mass is 9.98. The van der Waals surface area contributed by atoms with Crippen LogP contribution in [0.15, 0.2) is 30.3 Å². The first-order valence-electron chi connectivity index (χ1n) is 6.27. The molecule has 0 saturated heterocycles. The fraction of sp³-hybridized carbons (Fsp3) is 0.500. The molecule has 0 heterocycles. The van der Waals surface area contributed by atoms with Gasteiger partial charge in [-0.05, 0) is 31.2 Å². The van der Waals surface area contributed by atoms with Crippen LogP contribution in [-0.2, 0) is 4.79 Å². The minimum Gasteiger partial charge on any atom is -0.353 e. The van der Waals surface area contributed by atoms with Gasteiger partial charge in [-0.25, -0.2) is 0 Å². The van der Waals surface area contributed by atoms with Gasteiger partial charge in [0.1, 0.15) is 0 Å². The summed E-state index contributed by atoms with van der Waals surface area (Å²) in [5.41, 5.74) is 6.71. The van der Waals surface area contributed by atoms with Gasteiger partial charge in [0.15, 0.2) is 0 Å². The Morgan fingerprint density at radius 2 is 2.00 bits per heavy atom. The maximum atomic E-state index is 12.1. The maximum Gasteiger partial charge on any atom is 0.229 e. The van der Waals surface area contributed by atoms with Crippen molar-refractivity contribution < 1.29 is 4.79 Å². The minimum atomic E-state index is -0.225. The third kappa shape index (κ3) is 3.72. The second-order valence-corrected chi connectivity index (χ2v) is 4.83. The summed E-state index contributed by atoms with van der Waals surface area (Å²) in [6, 6.07) is 10.0. The predicted octanol–water partition coefficient (Wildman–Crippen LogP) is 2.07. The van der Waals surface area contributed by atoms with E-state index in [4.69, 9.17) is 5.73 Å². The van der Waals surface area contributed by atoms with Crippen molar-refractivity contribution in [1.29, 1.82) is 0 Å². The Bertz CT molecular complexity index is 379. The number of halogens is 1. The zero-order valence-electron chi connectivity index (χ0n) is 10.6. The number of benzene rings is 1. The molecule has 18 heavy (non-hydrogen) atoms. The Hall–Kier alpha value is -1.06. The number of amides is 1. The SMILES string of the molecule is CC(NC(=O)C(CN)c1ccccc1)C1CC1.Cl. The molecule has 1 aromatic carbocycles. The molecule has 0 spiro atoms. The average molecular weight is 269 g/mol. The molecule has 1 saturated carbocycles. The van der Waals surface area contributed by atoms with Crippen LogP contribution in [0.2, 0.25) is 0 Å². The smallest absolute Gasteiger partial charge is 0.229 e. The normalized spacial score (nSPS) is 17.4. The molecule has 1 aliphatic carbocycles. The number of carbonyl (C=O) groups excluding carboxylic acids is 1. The van der Waals surface area contributed by atoms with Crippen LogP contribution in [0, 0.1) is 5.92 Å². The van der Waals surface area contributed by atoms with Gasteiger partial charge >= 0.3 is 0 Å². The molecule has 1 aromatic rings. The molecule has 4 heteroatoms. The lowest BCUT2D eigenvalue weighted by Gasteiger charge is -2.19. The first kappa shape index (κ1) is 15.0. The van der Waals surface area contributed by atoms with E-state index < -0.39 is 0 Å². The van der Waals surface area contributed by atoms with Crippen molar-refractivity contribution in [2.24, 2.45) is 11.7 Å². The zero-order chi connectivity index (χ0) is 12.3. The standard InChI is InChI=1S/C14H20N2O.ClH/c1-10(11-7-8-11)16-14(17)13(9-15)12-5-3-2-4-6-12;/h2-6,10-11,13H,7-9,15H2,1H3,(H,16,17);1H. The van der Waals surface area contributed by atoms with Crippen molar-refractivity contribution in [2.45, 2.75) is 31.7 Å². The summed E-state index contributed by atoms with van der Waals surface area (Å²) in [7, 11) is 0. The van der Waals surface area contributed by atoms with Gasteiger partial charge in [-0.1, -0.05) is 30.3 Å².